The number of pyridine rings is 1. The number of hydrogen-bond donors (Lipinski definition) is 1. The molecule has 0 saturated carbocycles. The maximum absolute atomic E-state index is 13.2. The number of benzene rings is 1. The third-order valence-electron chi connectivity index (χ3n) is 5.04. The third-order valence-corrected chi connectivity index (χ3v) is 5.33. The van der Waals surface area contributed by atoms with Gasteiger partial charge in [-0.25, -0.2) is 9.37 Å². The van der Waals surface area contributed by atoms with Crippen molar-refractivity contribution in [2.75, 3.05) is 5.73 Å². The number of aromatic nitrogens is 1. The molecule has 4 rings (SSSR count). The Hall–Kier alpha value is -3.04. The summed E-state index contributed by atoms with van der Waals surface area (Å²) >= 11 is 6.00. The van der Waals surface area contributed by atoms with Crippen LogP contribution >= 0.6 is 11.6 Å². The minimum atomic E-state index is -0.428. The first kappa shape index (κ1) is 19.3. The van der Waals surface area contributed by atoms with Crippen molar-refractivity contribution in [2.24, 2.45) is 0 Å². The molecule has 0 aliphatic heterocycles. The smallest absolute Gasteiger partial charge is 0.146 e. The molecule has 0 unspecified atom stereocenters. The summed E-state index contributed by atoms with van der Waals surface area (Å²) in [6.45, 7) is 0.121. The van der Waals surface area contributed by atoms with Crippen LogP contribution in [0.25, 0.3) is 11.3 Å². The molecule has 0 fully saturated rings. The van der Waals surface area contributed by atoms with Gasteiger partial charge in [0.1, 0.15) is 47.1 Å². The van der Waals surface area contributed by atoms with Gasteiger partial charge < -0.3 is 14.9 Å². The van der Waals surface area contributed by atoms with Crippen molar-refractivity contribution >= 4 is 17.4 Å². The average Bonchev–Trinajstić information content (AvgIpc) is 3.04. The van der Waals surface area contributed by atoms with Crippen LogP contribution in [0.3, 0.4) is 0 Å². The monoisotopic (exact) mass is 411 g/mol. The largest absolute Gasteiger partial charge is 0.484 e. The van der Waals surface area contributed by atoms with Gasteiger partial charge in [0.15, 0.2) is 0 Å². The van der Waals surface area contributed by atoms with Crippen molar-refractivity contribution in [2.45, 2.75) is 38.7 Å². The Morgan fingerprint density at radius 2 is 2.03 bits per heavy atom. The molecule has 3 aromatic rings. The number of anilines is 1. The zero-order valence-corrected chi connectivity index (χ0v) is 16.4. The summed E-state index contributed by atoms with van der Waals surface area (Å²) in [7, 11) is 0. The number of ether oxygens (including phenoxy) is 1. The Bertz CT molecular complexity index is 1100. The Morgan fingerprint density at radius 3 is 2.83 bits per heavy atom. The highest BCUT2D eigenvalue weighted by Crippen LogP contribution is 2.36. The van der Waals surface area contributed by atoms with E-state index >= 15 is 0 Å². The molecule has 1 aliphatic carbocycles. The van der Waals surface area contributed by atoms with Crippen LogP contribution in [-0.4, -0.2) is 4.98 Å². The van der Waals surface area contributed by atoms with Crippen molar-refractivity contribution in [3.8, 4) is 23.1 Å². The Morgan fingerprint density at radius 1 is 1.21 bits per heavy atom. The van der Waals surface area contributed by atoms with Gasteiger partial charge >= 0.3 is 0 Å². The summed E-state index contributed by atoms with van der Waals surface area (Å²) in [6, 6.07) is 9.72. The van der Waals surface area contributed by atoms with Gasteiger partial charge in [0.25, 0.3) is 0 Å². The lowest BCUT2D eigenvalue weighted by Crippen LogP contribution is -2.06. The fourth-order valence-electron chi connectivity index (χ4n) is 3.66. The van der Waals surface area contributed by atoms with Crippen LogP contribution in [-0.2, 0) is 19.4 Å². The second kappa shape index (κ2) is 8.14. The van der Waals surface area contributed by atoms with E-state index in [2.05, 4.69) is 11.1 Å². The molecule has 2 aromatic heterocycles. The predicted octanol–water partition coefficient (Wildman–Crippen LogP) is 5.44. The highest BCUT2D eigenvalue weighted by Gasteiger charge is 2.23. The fourth-order valence-corrected chi connectivity index (χ4v) is 3.88. The van der Waals surface area contributed by atoms with Crippen LogP contribution in [0.2, 0.25) is 5.02 Å². The molecule has 2 N–H and O–H groups in total. The number of furan rings is 1. The number of fused-ring (bicyclic) bond motifs is 1. The summed E-state index contributed by atoms with van der Waals surface area (Å²) in [4.78, 5) is 4.47. The molecule has 0 spiro atoms. The molecule has 0 saturated heterocycles. The summed E-state index contributed by atoms with van der Waals surface area (Å²) in [5, 5.41) is 9.85. The molecular weight excluding hydrogens is 393 g/mol. The predicted molar refractivity (Wildman–Crippen MR) is 108 cm³/mol. The van der Waals surface area contributed by atoms with E-state index in [0.29, 0.717) is 22.8 Å². The van der Waals surface area contributed by atoms with Crippen molar-refractivity contribution in [1.82, 2.24) is 4.98 Å². The van der Waals surface area contributed by atoms with Gasteiger partial charge in [-0.2, -0.15) is 5.26 Å². The average molecular weight is 412 g/mol. The number of nitriles is 1. The third kappa shape index (κ3) is 3.92. The fraction of sp³-hybridized carbons (Fsp3) is 0.273. The van der Waals surface area contributed by atoms with E-state index in [-0.39, 0.29) is 17.4 Å². The standard InChI is InChI=1S/C22H19ClFN3O2/c23-17-10-13(24)6-8-19(17)28-12-14-7-9-20(29-14)21-15-4-2-1-3-5-18(15)27-22(26)16(21)11-25/h6-10H,1-5,12H2,(H2,26,27). The SMILES string of the molecule is N#Cc1c(N)nc2c(c1-c1ccc(COc3ccc(F)cc3Cl)o1)CCCCC2. The molecular formula is C22H19ClFN3O2. The number of halogens is 2. The van der Waals surface area contributed by atoms with E-state index in [9.17, 15) is 9.65 Å². The van der Waals surface area contributed by atoms with Crippen LogP contribution < -0.4 is 10.5 Å². The molecule has 0 atom stereocenters. The van der Waals surface area contributed by atoms with Crippen molar-refractivity contribution < 1.29 is 13.5 Å². The molecule has 7 heteroatoms. The first-order chi connectivity index (χ1) is 14.1. The van der Waals surface area contributed by atoms with Crippen LogP contribution in [0.1, 0.15) is 41.8 Å². The number of hydrogen-bond acceptors (Lipinski definition) is 5. The maximum Gasteiger partial charge on any atom is 0.146 e. The molecule has 2 heterocycles. The number of aryl methyl sites for hydroxylation is 1. The Kier molecular flexibility index (Phi) is 5.41. The van der Waals surface area contributed by atoms with Crippen molar-refractivity contribution in [3.05, 3.63) is 63.8 Å². The molecule has 0 radical (unpaired) electrons. The summed E-state index contributed by atoms with van der Waals surface area (Å²) in [5.74, 6) is 1.29. The van der Waals surface area contributed by atoms with Crippen LogP contribution in [0.4, 0.5) is 10.2 Å². The zero-order valence-electron chi connectivity index (χ0n) is 15.7. The van der Waals surface area contributed by atoms with Gasteiger partial charge in [0.05, 0.1) is 5.02 Å². The van der Waals surface area contributed by atoms with Crippen molar-refractivity contribution in [3.63, 3.8) is 0 Å². The number of nitrogen functional groups attached to an aromatic ring is 1. The van der Waals surface area contributed by atoms with Crippen LogP contribution in [0.15, 0.2) is 34.7 Å². The minimum absolute atomic E-state index is 0.121. The van der Waals surface area contributed by atoms with Crippen LogP contribution in [0, 0.1) is 17.1 Å². The normalized spacial score (nSPS) is 13.4. The molecule has 1 aromatic carbocycles. The lowest BCUT2D eigenvalue weighted by Gasteiger charge is -2.14. The lowest BCUT2D eigenvalue weighted by atomic mass is 9.95. The van der Waals surface area contributed by atoms with Gasteiger partial charge in [-0.3, -0.25) is 0 Å². The van der Waals surface area contributed by atoms with E-state index in [1.807, 2.05) is 6.07 Å². The van der Waals surface area contributed by atoms with E-state index < -0.39 is 5.82 Å². The number of rotatable bonds is 4. The first-order valence-corrected chi connectivity index (χ1v) is 9.83. The van der Waals surface area contributed by atoms with Gasteiger partial charge in [-0.1, -0.05) is 18.0 Å². The highest BCUT2D eigenvalue weighted by atomic mass is 35.5. The number of nitrogens with two attached hydrogens (primary N) is 1. The highest BCUT2D eigenvalue weighted by molar-refractivity contribution is 6.32. The van der Waals surface area contributed by atoms with Gasteiger partial charge in [0, 0.05) is 11.3 Å². The van der Waals surface area contributed by atoms with E-state index in [1.165, 1.54) is 18.2 Å². The first-order valence-electron chi connectivity index (χ1n) is 9.45. The zero-order chi connectivity index (χ0) is 20.4. The molecule has 0 amide bonds. The van der Waals surface area contributed by atoms with Gasteiger partial charge in [-0.15, -0.1) is 0 Å². The molecule has 148 valence electrons. The summed E-state index contributed by atoms with van der Waals surface area (Å²) < 4.78 is 24.8. The van der Waals surface area contributed by atoms with Gasteiger partial charge in [-0.05, 0) is 61.6 Å². The minimum Gasteiger partial charge on any atom is -0.484 e. The van der Waals surface area contributed by atoms with Crippen LogP contribution in [0.5, 0.6) is 5.75 Å². The Balaban J connectivity index is 1.65. The molecule has 0 bridgehead atoms. The quantitative estimate of drug-likeness (QED) is 0.578. The molecule has 5 nitrogen and oxygen atoms in total. The maximum atomic E-state index is 13.2. The summed E-state index contributed by atoms with van der Waals surface area (Å²) in [5.41, 5.74) is 9.12. The van der Waals surface area contributed by atoms with E-state index in [0.717, 1.165) is 48.9 Å². The van der Waals surface area contributed by atoms with E-state index in [4.69, 9.17) is 26.5 Å². The second-order valence-corrected chi connectivity index (χ2v) is 7.38. The van der Waals surface area contributed by atoms with Gasteiger partial charge in [0.2, 0.25) is 0 Å². The number of nitrogens with zero attached hydrogens (tertiary/aromatic N) is 2. The second-order valence-electron chi connectivity index (χ2n) is 6.97. The summed E-state index contributed by atoms with van der Waals surface area (Å²) in [6.07, 6.45) is 4.90. The Labute approximate surface area is 172 Å². The lowest BCUT2D eigenvalue weighted by molar-refractivity contribution is 0.272. The van der Waals surface area contributed by atoms with E-state index in [1.54, 1.807) is 6.07 Å². The molecule has 1 aliphatic rings. The molecule has 29 heavy (non-hydrogen) atoms. The topological polar surface area (TPSA) is 85.1 Å². The van der Waals surface area contributed by atoms with Crippen molar-refractivity contribution in [1.29, 1.82) is 5.26 Å².